The zero-order chi connectivity index (χ0) is 11.7. The third kappa shape index (κ3) is 2.34. The second kappa shape index (κ2) is 4.90. The van der Waals surface area contributed by atoms with Crippen LogP contribution in [0.25, 0.3) is 0 Å². The number of halogens is 3. The highest BCUT2D eigenvalue weighted by Crippen LogP contribution is 2.35. The van der Waals surface area contributed by atoms with E-state index in [-0.39, 0.29) is 23.4 Å². The van der Waals surface area contributed by atoms with E-state index in [4.69, 9.17) is 21.1 Å². The second-order valence-electron chi connectivity index (χ2n) is 3.68. The first-order valence-corrected chi connectivity index (χ1v) is 6.13. The largest absolute Gasteiger partial charge is 0.486 e. The zero-order valence-corrected chi connectivity index (χ0v) is 11.0. The summed E-state index contributed by atoms with van der Waals surface area (Å²) < 4.78 is 24.6. The summed E-state index contributed by atoms with van der Waals surface area (Å²) in [6.07, 6.45) is 0.477. The van der Waals surface area contributed by atoms with Gasteiger partial charge in [0.1, 0.15) is 23.8 Å². The molecule has 88 valence electrons. The molecule has 1 fully saturated rings. The predicted molar refractivity (Wildman–Crippen MR) is 63.6 cm³/mol. The summed E-state index contributed by atoms with van der Waals surface area (Å²) in [6.45, 7) is 0. The minimum Gasteiger partial charge on any atom is -0.486 e. The molecule has 0 bridgehead atoms. The summed E-state index contributed by atoms with van der Waals surface area (Å²) in [5.74, 6) is 0.157. The molecule has 16 heavy (non-hydrogen) atoms. The summed E-state index contributed by atoms with van der Waals surface area (Å²) in [5, 5.41) is -0.0256. The van der Waals surface area contributed by atoms with E-state index in [1.165, 1.54) is 12.1 Å². The van der Waals surface area contributed by atoms with Crippen molar-refractivity contribution < 1.29 is 13.9 Å². The predicted octanol–water partition coefficient (Wildman–Crippen LogP) is 3.36. The van der Waals surface area contributed by atoms with Crippen LogP contribution >= 0.6 is 27.5 Å². The van der Waals surface area contributed by atoms with E-state index < -0.39 is 0 Å². The number of alkyl halides is 1. The molecule has 0 spiro atoms. The monoisotopic (exact) mass is 308 g/mol. The van der Waals surface area contributed by atoms with Crippen molar-refractivity contribution in [2.45, 2.75) is 24.0 Å². The first-order chi connectivity index (χ1) is 7.61. The van der Waals surface area contributed by atoms with Gasteiger partial charge < -0.3 is 9.47 Å². The van der Waals surface area contributed by atoms with Crippen LogP contribution in [0.4, 0.5) is 4.39 Å². The van der Waals surface area contributed by atoms with Crippen molar-refractivity contribution in [3.05, 3.63) is 28.5 Å². The average Bonchev–Trinajstić information content (AvgIpc) is 2.23. The van der Waals surface area contributed by atoms with Crippen LogP contribution in [-0.4, -0.2) is 24.7 Å². The average molecular weight is 310 g/mol. The Bertz CT molecular complexity index is 388. The number of ether oxygens (including phenoxy) is 2. The van der Waals surface area contributed by atoms with Crippen molar-refractivity contribution >= 4 is 27.5 Å². The molecular formula is C11H11BrClFO2. The minimum atomic E-state index is -0.325. The number of methoxy groups -OCH3 is 1. The number of hydrogen-bond donors (Lipinski definition) is 0. The number of rotatable bonds is 3. The number of benzene rings is 1. The molecular weight excluding hydrogens is 298 g/mol. The third-order valence-electron chi connectivity index (χ3n) is 2.62. The molecule has 0 aromatic heterocycles. The normalized spacial score (nSPS) is 28.6. The highest BCUT2D eigenvalue weighted by atomic mass is 79.9. The Kier molecular flexibility index (Phi) is 3.72. The Morgan fingerprint density at radius 1 is 1.50 bits per heavy atom. The molecule has 1 aliphatic rings. The first kappa shape index (κ1) is 12.1. The molecule has 5 heteroatoms. The molecule has 0 N–H and O–H groups in total. The first-order valence-electron chi connectivity index (χ1n) is 4.90. The van der Waals surface area contributed by atoms with Crippen molar-refractivity contribution in [3.63, 3.8) is 0 Å². The fraction of sp³-hybridized carbons (Fsp3) is 0.455. The lowest BCUT2D eigenvalue weighted by molar-refractivity contribution is -0.0587. The molecule has 0 heterocycles. The van der Waals surface area contributed by atoms with Gasteiger partial charge in [0.05, 0.1) is 9.85 Å². The molecule has 2 nitrogen and oxygen atoms in total. The van der Waals surface area contributed by atoms with E-state index in [1.54, 1.807) is 13.2 Å². The van der Waals surface area contributed by atoms with E-state index in [2.05, 4.69) is 15.9 Å². The Morgan fingerprint density at radius 2 is 2.25 bits per heavy atom. The van der Waals surface area contributed by atoms with Crippen LogP contribution < -0.4 is 4.74 Å². The summed E-state index contributed by atoms with van der Waals surface area (Å²) in [4.78, 5) is 0. The van der Waals surface area contributed by atoms with Gasteiger partial charge in [0.2, 0.25) is 0 Å². The second-order valence-corrected chi connectivity index (χ2v) is 5.10. The van der Waals surface area contributed by atoms with E-state index in [0.29, 0.717) is 12.2 Å². The Hall–Kier alpha value is -0.320. The lowest BCUT2D eigenvalue weighted by atomic mass is 9.91. The van der Waals surface area contributed by atoms with Gasteiger partial charge in [-0.1, -0.05) is 0 Å². The van der Waals surface area contributed by atoms with Gasteiger partial charge in [0.15, 0.2) is 0 Å². The molecule has 1 saturated carbocycles. The zero-order valence-electron chi connectivity index (χ0n) is 8.62. The highest BCUT2D eigenvalue weighted by Gasteiger charge is 2.42. The topological polar surface area (TPSA) is 18.5 Å². The quantitative estimate of drug-likeness (QED) is 0.797. The summed E-state index contributed by atoms with van der Waals surface area (Å²) in [7, 11) is 1.59. The Morgan fingerprint density at radius 3 is 2.88 bits per heavy atom. The van der Waals surface area contributed by atoms with Crippen LogP contribution in [0.15, 0.2) is 22.7 Å². The van der Waals surface area contributed by atoms with Crippen molar-refractivity contribution in [1.82, 2.24) is 0 Å². The molecule has 0 aliphatic heterocycles. The van der Waals surface area contributed by atoms with Gasteiger partial charge in [-0.05, 0) is 28.1 Å². The van der Waals surface area contributed by atoms with Gasteiger partial charge in [-0.3, -0.25) is 0 Å². The molecule has 1 aliphatic carbocycles. The lowest BCUT2D eigenvalue weighted by Crippen LogP contribution is -2.52. The molecule has 3 atom stereocenters. The van der Waals surface area contributed by atoms with Gasteiger partial charge in [-0.2, -0.15) is 0 Å². The third-order valence-corrected chi connectivity index (χ3v) is 3.71. The van der Waals surface area contributed by atoms with Crippen LogP contribution in [0.2, 0.25) is 0 Å². The fourth-order valence-corrected chi connectivity index (χ4v) is 2.45. The van der Waals surface area contributed by atoms with Crippen LogP contribution in [0.1, 0.15) is 6.42 Å². The molecule has 3 unspecified atom stereocenters. The van der Waals surface area contributed by atoms with E-state index in [9.17, 15) is 4.39 Å². The fourth-order valence-electron chi connectivity index (χ4n) is 1.67. The van der Waals surface area contributed by atoms with Gasteiger partial charge in [0.25, 0.3) is 0 Å². The molecule has 0 radical (unpaired) electrons. The molecule has 1 aromatic carbocycles. The number of hydrogen-bond acceptors (Lipinski definition) is 2. The van der Waals surface area contributed by atoms with Crippen LogP contribution in [0.3, 0.4) is 0 Å². The van der Waals surface area contributed by atoms with Crippen LogP contribution in [0, 0.1) is 5.82 Å². The van der Waals surface area contributed by atoms with Crippen molar-refractivity contribution in [2.75, 3.05) is 7.11 Å². The van der Waals surface area contributed by atoms with Gasteiger partial charge in [0, 0.05) is 19.6 Å². The SMILES string of the molecule is COC1C(Cl)CC1Oc1cc(F)ccc1Br. The van der Waals surface area contributed by atoms with Crippen molar-refractivity contribution in [2.24, 2.45) is 0 Å². The van der Waals surface area contributed by atoms with E-state index in [0.717, 1.165) is 4.47 Å². The maximum atomic E-state index is 13.0. The van der Waals surface area contributed by atoms with Gasteiger partial charge in [-0.15, -0.1) is 11.6 Å². The standard InChI is InChI=1S/C11H11BrClFO2/c1-15-11-8(13)5-10(11)16-9-4-6(14)2-3-7(9)12/h2-4,8,10-11H,5H2,1H3. The Balaban J connectivity index is 2.07. The summed E-state index contributed by atoms with van der Waals surface area (Å²) >= 11 is 9.26. The molecule has 0 amide bonds. The molecule has 1 aromatic rings. The van der Waals surface area contributed by atoms with E-state index in [1.807, 2.05) is 0 Å². The molecule has 0 saturated heterocycles. The Labute approximate surface area is 107 Å². The summed E-state index contributed by atoms with van der Waals surface area (Å²) in [6, 6.07) is 4.33. The maximum Gasteiger partial charge on any atom is 0.136 e. The lowest BCUT2D eigenvalue weighted by Gasteiger charge is -2.39. The maximum absolute atomic E-state index is 13.0. The highest BCUT2D eigenvalue weighted by molar-refractivity contribution is 9.10. The van der Waals surface area contributed by atoms with Crippen molar-refractivity contribution in [1.29, 1.82) is 0 Å². The van der Waals surface area contributed by atoms with E-state index >= 15 is 0 Å². The van der Waals surface area contributed by atoms with Crippen LogP contribution in [-0.2, 0) is 4.74 Å². The summed E-state index contributed by atoms with van der Waals surface area (Å²) in [5.41, 5.74) is 0. The van der Waals surface area contributed by atoms with Crippen LogP contribution in [0.5, 0.6) is 5.75 Å². The molecule has 2 rings (SSSR count). The minimum absolute atomic E-state index is 0.0256. The van der Waals surface area contributed by atoms with Gasteiger partial charge >= 0.3 is 0 Å². The van der Waals surface area contributed by atoms with Gasteiger partial charge in [-0.25, -0.2) is 4.39 Å². The van der Waals surface area contributed by atoms with Crippen molar-refractivity contribution in [3.8, 4) is 5.75 Å². The smallest absolute Gasteiger partial charge is 0.136 e.